The third-order valence-electron chi connectivity index (χ3n) is 6.25. The molecule has 1 N–H and O–H groups in total. The minimum atomic E-state index is -4.21. The van der Waals surface area contributed by atoms with Gasteiger partial charge in [-0.05, 0) is 85.0 Å². The molecule has 9 heteroatoms. The number of anilines is 2. The van der Waals surface area contributed by atoms with Crippen molar-refractivity contribution in [1.29, 1.82) is 0 Å². The minimum Gasteiger partial charge on any atom is -0.371 e. The maximum atomic E-state index is 13.5. The highest BCUT2D eigenvalue weighted by molar-refractivity contribution is 7.92. The predicted molar refractivity (Wildman–Crippen MR) is 136 cm³/mol. The second-order valence-electron chi connectivity index (χ2n) is 9.08. The maximum Gasteiger partial charge on any atom is 0.264 e. The van der Waals surface area contributed by atoms with Crippen LogP contribution >= 0.6 is 0 Å². The number of hydrogen-bond acceptors (Lipinski definition) is 4. The lowest BCUT2D eigenvalue weighted by Gasteiger charge is -2.32. The average molecular weight is 514 g/mol. The lowest BCUT2D eigenvalue weighted by atomic mass is 9.99. The van der Waals surface area contributed by atoms with Crippen molar-refractivity contribution >= 4 is 27.3 Å². The first-order valence-electron chi connectivity index (χ1n) is 11.9. The van der Waals surface area contributed by atoms with Gasteiger partial charge in [0.05, 0.1) is 10.6 Å². The standard InChI is InChI=1S/C27H29F2N3O3S/c1-20-3-2-16-31(18-20)24-10-4-21(5-11-24)17-30-27(33)19-32(25-12-6-22(28)7-13-25)36(34,35)26-14-8-23(29)9-15-26/h4-15,20H,2-3,16-19H2,1H3,(H,30,33). The van der Waals surface area contributed by atoms with E-state index in [4.69, 9.17) is 0 Å². The molecule has 3 aromatic carbocycles. The molecule has 1 fully saturated rings. The molecule has 0 spiro atoms. The zero-order valence-electron chi connectivity index (χ0n) is 20.0. The van der Waals surface area contributed by atoms with Crippen LogP contribution in [0.5, 0.6) is 0 Å². The molecule has 0 radical (unpaired) electrons. The van der Waals surface area contributed by atoms with Gasteiger partial charge >= 0.3 is 0 Å². The van der Waals surface area contributed by atoms with Crippen molar-refractivity contribution in [3.05, 3.63) is 90.0 Å². The van der Waals surface area contributed by atoms with Crippen LogP contribution in [0.3, 0.4) is 0 Å². The number of amides is 1. The van der Waals surface area contributed by atoms with Crippen molar-refractivity contribution in [2.45, 2.75) is 31.2 Å². The number of sulfonamides is 1. The molecule has 1 amide bonds. The second-order valence-corrected chi connectivity index (χ2v) is 10.9. The Bertz CT molecular complexity index is 1280. The van der Waals surface area contributed by atoms with Crippen molar-refractivity contribution in [3.63, 3.8) is 0 Å². The van der Waals surface area contributed by atoms with E-state index in [-0.39, 0.29) is 17.1 Å². The zero-order chi connectivity index (χ0) is 25.7. The van der Waals surface area contributed by atoms with Gasteiger partial charge in [0.1, 0.15) is 18.2 Å². The number of piperidine rings is 1. The third-order valence-corrected chi connectivity index (χ3v) is 8.04. The van der Waals surface area contributed by atoms with E-state index in [1.54, 1.807) is 0 Å². The normalized spacial score (nSPS) is 16.0. The molecule has 36 heavy (non-hydrogen) atoms. The summed E-state index contributed by atoms with van der Waals surface area (Å²) in [4.78, 5) is 15.0. The van der Waals surface area contributed by atoms with Crippen LogP contribution in [0.4, 0.5) is 20.2 Å². The van der Waals surface area contributed by atoms with Crippen LogP contribution in [-0.2, 0) is 21.4 Å². The molecule has 3 aromatic rings. The van der Waals surface area contributed by atoms with E-state index in [2.05, 4.69) is 17.1 Å². The van der Waals surface area contributed by atoms with Crippen molar-refractivity contribution < 1.29 is 22.0 Å². The van der Waals surface area contributed by atoms with E-state index in [9.17, 15) is 22.0 Å². The van der Waals surface area contributed by atoms with Crippen LogP contribution in [-0.4, -0.2) is 34.0 Å². The van der Waals surface area contributed by atoms with Gasteiger partial charge in [0.25, 0.3) is 10.0 Å². The molecule has 1 unspecified atom stereocenters. The fourth-order valence-corrected chi connectivity index (χ4v) is 5.71. The third kappa shape index (κ3) is 6.20. The summed E-state index contributed by atoms with van der Waals surface area (Å²) in [6, 6.07) is 17.1. The number of halogens is 2. The van der Waals surface area contributed by atoms with Crippen molar-refractivity contribution in [2.24, 2.45) is 5.92 Å². The largest absolute Gasteiger partial charge is 0.371 e. The lowest BCUT2D eigenvalue weighted by Crippen LogP contribution is -2.40. The van der Waals surface area contributed by atoms with Crippen LogP contribution < -0.4 is 14.5 Å². The van der Waals surface area contributed by atoms with E-state index in [1.807, 2.05) is 24.3 Å². The summed E-state index contributed by atoms with van der Waals surface area (Å²) < 4.78 is 54.2. The van der Waals surface area contributed by atoms with Gasteiger partial charge < -0.3 is 10.2 Å². The number of nitrogens with zero attached hydrogens (tertiary/aromatic N) is 2. The number of nitrogens with one attached hydrogen (secondary N) is 1. The molecule has 1 heterocycles. The first kappa shape index (κ1) is 25.6. The maximum absolute atomic E-state index is 13.5. The van der Waals surface area contributed by atoms with Gasteiger partial charge in [-0.1, -0.05) is 19.1 Å². The number of hydrogen-bond donors (Lipinski definition) is 1. The number of carbonyl (C=O) groups excluding carboxylic acids is 1. The SMILES string of the molecule is CC1CCCN(c2ccc(CNC(=O)CN(c3ccc(F)cc3)S(=O)(=O)c3ccc(F)cc3)cc2)C1. The van der Waals surface area contributed by atoms with Gasteiger partial charge in [0.2, 0.25) is 5.91 Å². The Morgan fingerprint density at radius 2 is 1.58 bits per heavy atom. The zero-order valence-corrected chi connectivity index (χ0v) is 20.8. The first-order chi connectivity index (χ1) is 17.2. The molecule has 4 rings (SSSR count). The molecule has 6 nitrogen and oxygen atoms in total. The Kier molecular flexibility index (Phi) is 7.88. The van der Waals surface area contributed by atoms with Crippen LogP contribution in [0.25, 0.3) is 0 Å². The van der Waals surface area contributed by atoms with E-state index in [1.165, 1.54) is 25.0 Å². The van der Waals surface area contributed by atoms with Crippen LogP contribution in [0.2, 0.25) is 0 Å². The highest BCUT2D eigenvalue weighted by Gasteiger charge is 2.27. The highest BCUT2D eigenvalue weighted by atomic mass is 32.2. The summed E-state index contributed by atoms with van der Waals surface area (Å²) in [5, 5.41) is 2.76. The molecule has 1 atom stereocenters. The Morgan fingerprint density at radius 3 is 2.19 bits per heavy atom. The summed E-state index contributed by atoms with van der Waals surface area (Å²) in [5.74, 6) is -0.988. The predicted octanol–water partition coefficient (Wildman–Crippen LogP) is 4.71. The lowest BCUT2D eigenvalue weighted by molar-refractivity contribution is -0.119. The molecule has 1 saturated heterocycles. The average Bonchev–Trinajstić information content (AvgIpc) is 2.87. The smallest absolute Gasteiger partial charge is 0.264 e. The van der Waals surface area contributed by atoms with E-state index < -0.39 is 34.1 Å². The summed E-state index contributed by atoms with van der Waals surface area (Å²) in [7, 11) is -4.21. The van der Waals surface area contributed by atoms with Crippen LogP contribution in [0, 0.1) is 17.6 Å². The number of rotatable bonds is 8. The summed E-state index contributed by atoms with van der Waals surface area (Å²) >= 11 is 0. The Labute approximate surface area is 210 Å². The van der Waals surface area contributed by atoms with Crippen LogP contribution in [0.1, 0.15) is 25.3 Å². The van der Waals surface area contributed by atoms with Crippen LogP contribution in [0.15, 0.2) is 77.7 Å². The molecule has 1 aliphatic rings. The molecule has 0 aromatic heterocycles. The molecule has 0 aliphatic carbocycles. The molecule has 0 saturated carbocycles. The summed E-state index contributed by atoms with van der Waals surface area (Å²) in [6.45, 7) is 4.01. The quantitative estimate of drug-likeness (QED) is 0.474. The molecular weight excluding hydrogens is 484 g/mol. The summed E-state index contributed by atoms with van der Waals surface area (Å²) in [5.41, 5.74) is 2.15. The minimum absolute atomic E-state index is 0.121. The molecule has 190 valence electrons. The Balaban J connectivity index is 1.45. The monoisotopic (exact) mass is 513 g/mol. The summed E-state index contributed by atoms with van der Waals surface area (Å²) in [6.07, 6.45) is 2.41. The molecular formula is C27H29F2N3O3S. The van der Waals surface area contributed by atoms with Crippen molar-refractivity contribution in [3.8, 4) is 0 Å². The first-order valence-corrected chi connectivity index (χ1v) is 13.3. The number of benzene rings is 3. The number of carbonyl (C=O) groups is 1. The second kappa shape index (κ2) is 11.1. The topological polar surface area (TPSA) is 69.7 Å². The van der Waals surface area contributed by atoms with Gasteiger partial charge in [0.15, 0.2) is 0 Å². The molecule has 0 bridgehead atoms. The Hall–Kier alpha value is -3.46. The van der Waals surface area contributed by atoms with E-state index in [0.717, 1.165) is 65.0 Å². The van der Waals surface area contributed by atoms with Gasteiger partial charge in [-0.3, -0.25) is 9.10 Å². The Morgan fingerprint density at radius 1 is 0.972 bits per heavy atom. The van der Waals surface area contributed by atoms with Crippen molar-refractivity contribution in [2.75, 3.05) is 28.8 Å². The van der Waals surface area contributed by atoms with E-state index >= 15 is 0 Å². The fourth-order valence-electron chi connectivity index (χ4n) is 4.29. The van der Waals surface area contributed by atoms with E-state index in [0.29, 0.717) is 5.92 Å². The fraction of sp³-hybridized carbons (Fsp3) is 0.296. The van der Waals surface area contributed by atoms with Gasteiger partial charge in [-0.25, -0.2) is 17.2 Å². The molecule has 1 aliphatic heterocycles. The highest BCUT2D eigenvalue weighted by Crippen LogP contribution is 2.25. The van der Waals surface area contributed by atoms with Gasteiger partial charge in [0, 0.05) is 25.3 Å². The van der Waals surface area contributed by atoms with Gasteiger partial charge in [-0.15, -0.1) is 0 Å². The van der Waals surface area contributed by atoms with Gasteiger partial charge in [-0.2, -0.15) is 0 Å². The van der Waals surface area contributed by atoms with Crippen molar-refractivity contribution in [1.82, 2.24) is 5.32 Å².